The Morgan fingerprint density at radius 3 is 2.67 bits per heavy atom. The molecule has 0 N–H and O–H groups in total. The molecule has 0 unspecified atom stereocenters. The highest BCUT2D eigenvalue weighted by atomic mass is 16.1. The molecule has 0 fully saturated rings. The van der Waals surface area contributed by atoms with Crippen molar-refractivity contribution in [1.29, 1.82) is 5.26 Å². The molecule has 0 radical (unpaired) electrons. The summed E-state index contributed by atoms with van der Waals surface area (Å²) in [6, 6.07) is 1.72. The quantitative estimate of drug-likeness (QED) is 0.407. The Morgan fingerprint density at radius 2 is 2.22 bits per heavy atom. The third-order valence-corrected chi connectivity index (χ3v) is 0.653. The number of hydrogen-bond acceptors (Lipinski definition) is 2. The number of ketones is 1. The van der Waals surface area contributed by atoms with Crippen LogP contribution in [0.15, 0.2) is 24.3 Å². The molecule has 0 amide bonds. The smallest absolute Gasteiger partial charge is 0.179 e. The van der Waals surface area contributed by atoms with E-state index in [0.717, 1.165) is 6.08 Å². The Kier molecular flexibility index (Phi) is 4.07. The van der Waals surface area contributed by atoms with Crippen LogP contribution in [0.4, 0.5) is 0 Å². The van der Waals surface area contributed by atoms with Gasteiger partial charge >= 0.3 is 0 Å². The fourth-order valence-electron chi connectivity index (χ4n) is 0.339. The average molecular weight is 121 g/mol. The average Bonchev–Trinajstić information content (AvgIpc) is 1.85. The Morgan fingerprint density at radius 1 is 1.56 bits per heavy atom. The summed E-state index contributed by atoms with van der Waals surface area (Å²) in [5.41, 5.74) is 0. The fraction of sp³-hybridized carbons (Fsp3) is 0.143. The monoisotopic (exact) mass is 121 g/mol. The Balaban J connectivity index is 3.81. The zero-order valence-electron chi connectivity index (χ0n) is 5.16. The van der Waals surface area contributed by atoms with Crippen molar-refractivity contribution >= 4 is 5.78 Å². The lowest BCUT2D eigenvalue weighted by atomic mass is 10.3. The standard InChI is InChI=1S/C7H7NO/c1-2-4-7(9)5-3-6-8/h2-5H,1H3. The number of carbonyl (C=O) groups excluding carboxylic acids is 1. The molecule has 0 aromatic heterocycles. The summed E-state index contributed by atoms with van der Waals surface area (Å²) in [6.45, 7) is 1.75. The summed E-state index contributed by atoms with van der Waals surface area (Å²) < 4.78 is 0. The molecule has 0 saturated heterocycles. The Labute approximate surface area is 54.1 Å². The Hall–Kier alpha value is -1.36. The Bertz CT molecular complexity index is 184. The summed E-state index contributed by atoms with van der Waals surface area (Å²) in [7, 11) is 0. The summed E-state index contributed by atoms with van der Waals surface area (Å²) in [5, 5.41) is 7.97. The molecule has 0 aliphatic carbocycles. The predicted octanol–water partition coefficient (Wildman–Crippen LogP) is 1.21. The third kappa shape index (κ3) is 4.49. The molecule has 0 aromatic carbocycles. The minimum absolute atomic E-state index is 0.154. The second-order valence-corrected chi connectivity index (χ2v) is 1.36. The van der Waals surface area contributed by atoms with E-state index in [0.29, 0.717) is 0 Å². The van der Waals surface area contributed by atoms with Crippen LogP contribution in [-0.4, -0.2) is 5.78 Å². The van der Waals surface area contributed by atoms with E-state index in [-0.39, 0.29) is 5.78 Å². The van der Waals surface area contributed by atoms with Crippen LogP contribution < -0.4 is 0 Å². The molecule has 0 heterocycles. The van der Waals surface area contributed by atoms with E-state index in [1.807, 2.05) is 0 Å². The molecule has 9 heavy (non-hydrogen) atoms. The second kappa shape index (κ2) is 4.79. The maximum absolute atomic E-state index is 10.5. The molecule has 0 aromatic rings. The normalized spacial score (nSPS) is 10.2. The number of hydrogen-bond donors (Lipinski definition) is 0. The van der Waals surface area contributed by atoms with E-state index in [4.69, 9.17) is 5.26 Å². The lowest BCUT2D eigenvalue weighted by molar-refractivity contribution is -0.110. The van der Waals surface area contributed by atoms with E-state index in [9.17, 15) is 4.79 Å². The lowest BCUT2D eigenvalue weighted by Crippen LogP contribution is -1.82. The first-order valence-electron chi connectivity index (χ1n) is 2.54. The van der Waals surface area contributed by atoms with Gasteiger partial charge in [0.15, 0.2) is 5.78 Å². The van der Waals surface area contributed by atoms with E-state index in [1.54, 1.807) is 19.1 Å². The molecule has 0 spiro atoms. The van der Waals surface area contributed by atoms with Crippen molar-refractivity contribution in [2.45, 2.75) is 6.92 Å². The van der Waals surface area contributed by atoms with E-state index < -0.39 is 0 Å². The molecule has 2 heteroatoms. The molecule has 0 aliphatic rings. The van der Waals surface area contributed by atoms with Gasteiger partial charge in [-0.25, -0.2) is 0 Å². The largest absolute Gasteiger partial charge is 0.290 e. The minimum atomic E-state index is -0.154. The van der Waals surface area contributed by atoms with Crippen LogP contribution in [0.25, 0.3) is 0 Å². The van der Waals surface area contributed by atoms with Gasteiger partial charge in [-0.05, 0) is 19.1 Å². The molecular weight excluding hydrogens is 114 g/mol. The maximum atomic E-state index is 10.5. The zero-order chi connectivity index (χ0) is 7.11. The fourth-order valence-corrected chi connectivity index (χ4v) is 0.339. The van der Waals surface area contributed by atoms with Gasteiger partial charge in [0.2, 0.25) is 0 Å². The van der Waals surface area contributed by atoms with Crippen LogP contribution in [0.3, 0.4) is 0 Å². The van der Waals surface area contributed by atoms with Crippen molar-refractivity contribution in [3.8, 4) is 6.07 Å². The van der Waals surface area contributed by atoms with Gasteiger partial charge in [0.25, 0.3) is 0 Å². The molecule has 0 saturated carbocycles. The van der Waals surface area contributed by atoms with Crippen molar-refractivity contribution in [1.82, 2.24) is 0 Å². The highest BCUT2D eigenvalue weighted by molar-refractivity contribution is 5.99. The summed E-state index contributed by atoms with van der Waals surface area (Å²) in [5.74, 6) is -0.154. The van der Waals surface area contributed by atoms with E-state index >= 15 is 0 Å². The van der Waals surface area contributed by atoms with Gasteiger partial charge < -0.3 is 0 Å². The highest BCUT2D eigenvalue weighted by Gasteiger charge is 1.82. The predicted molar refractivity (Wildman–Crippen MR) is 34.6 cm³/mol. The number of nitrogens with zero attached hydrogens (tertiary/aromatic N) is 1. The van der Waals surface area contributed by atoms with Gasteiger partial charge in [0.1, 0.15) is 0 Å². The van der Waals surface area contributed by atoms with Gasteiger partial charge in [-0.15, -0.1) is 0 Å². The van der Waals surface area contributed by atoms with Crippen molar-refractivity contribution in [3.63, 3.8) is 0 Å². The first kappa shape index (κ1) is 7.64. The lowest BCUT2D eigenvalue weighted by Gasteiger charge is -1.74. The molecular formula is C7H7NO. The van der Waals surface area contributed by atoms with Crippen molar-refractivity contribution in [3.05, 3.63) is 24.3 Å². The topological polar surface area (TPSA) is 40.9 Å². The van der Waals surface area contributed by atoms with Gasteiger partial charge in [0.05, 0.1) is 6.07 Å². The van der Waals surface area contributed by atoms with Crippen molar-refractivity contribution in [2.75, 3.05) is 0 Å². The second-order valence-electron chi connectivity index (χ2n) is 1.36. The van der Waals surface area contributed by atoms with E-state index in [1.165, 1.54) is 12.2 Å². The minimum Gasteiger partial charge on any atom is -0.290 e. The summed E-state index contributed by atoms with van der Waals surface area (Å²) in [6.07, 6.45) is 5.40. The molecule has 0 aliphatic heterocycles. The van der Waals surface area contributed by atoms with Crippen molar-refractivity contribution in [2.24, 2.45) is 0 Å². The molecule has 2 nitrogen and oxygen atoms in total. The number of carbonyl (C=O) groups is 1. The van der Waals surface area contributed by atoms with Gasteiger partial charge in [-0.3, -0.25) is 4.79 Å². The first-order chi connectivity index (χ1) is 4.31. The van der Waals surface area contributed by atoms with Crippen molar-refractivity contribution < 1.29 is 4.79 Å². The van der Waals surface area contributed by atoms with Gasteiger partial charge in [-0.1, -0.05) is 6.08 Å². The van der Waals surface area contributed by atoms with Crippen LogP contribution in [0.1, 0.15) is 6.92 Å². The van der Waals surface area contributed by atoms with Crippen LogP contribution in [0.2, 0.25) is 0 Å². The molecule has 0 bridgehead atoms. The van der Waals surface area contributed by atoms with Crippen LogP contribution in [-0.2, 0) is 4.79 Å². The van der Waals surface area contributed by atoms with Gasteiger partial charge in [0, 0.05) is 6.08 Å². The van der Waals surface area contributed by atoms with Gasteiger partial charge in [-0.2, -0.15) is 5.26 Å². The molecule has 0 atom stereocenters. The third-order valence-electron chi connectivity index (χ3n) is 0.653. The van der Waals surface area contributed by atoms with Crippen LogP contribution in [0, 0.1) is 11.3 Å². The van der Waals surface area contributed by atoms with Crippen LogP contribution >= 0.6 is 0 Å². The number of allylic oxidation sites excluding steroid dienone is 4. The molecule has 46 valence electrons. The van der Waals surface area contributed by atoms with Crippen LogP contribution in [0.5, 0.6) is 0 Å². The summed E-state index contributed by atoms with van der Waals surface area (Å²) in [4.78, 5) is 10.5. The molecule has 0 rings (SSSR count). The maximum Gasteiger partial charge on any atom is 0.179 e. The number of rotatable bonds is 2. The van der Waals surface area contributed by atoms with E-state index in [2.05, 4.69) is 0 Å². The highest BCUT2D eigenvalue weighted by Crippen LogP contribution is 1.78. The zero-order valence-corrected chi connectivity index (χ0v) is 5.16. The first-order valence-corrected chi connectivity index (χ1v) is 2.54. The SMILES string of the molecule is CC=CC(=O)C=CC#N. The summed E-state index contributed by atoms with van der Waals surface area (Å²) >= 11 is 0. The number of nitriles is 1.